The summed E-state index contributed by atoms with van der Waals surface area (Å²) in [5.74, 6) is 2.42. The molecule has 3 rings (SSSR count). The maximum absolute atomic E-state index is 5.90. The minimum atomic E-state index is -0.0874. The van der Waals surface area contributed by atoms with Crippen molar-refractivity contribution in [1.29, 1.82) is 0 Å². The molecule has 0 spiro atoms. The van der Waals surface area contributed by atoms with E-state index in [2.05, 4.69) is 20.4 Å². The van der Waals surface area contributed by atoms with E-state index >= 15 is 0 Å². The molecule has 2 fully saturated rings. The molecule has 0 bridgehead atoms. The third-order valence-corrected chi connectivity index (χ3v) is 3.61. The summed E-state index contributed by atoms with van der Waals surface area (Å²) in [4.78, 5) is 8.70. The summed E-state index contributed by atoms with van der Waals surface area (Å²) in [6, 6.07) is 0. The minimum Gasteiger partial charge on any atom is -0.370 e. The fraction of sp³-hybridized carbons (Fsp3) is 0.769. The first-order valence-corrected chi connectivity index (χ1v) is 7.29. The summed E-state index contributed by atoms with van der Waals surface area (Å²) in [5.41, 5.74) is 5.69. The van der Waals surface area contributed by atoms with Crippen molar-refractivity contribution < 1.29 is 9.26 Å². The van der Waals surface area contributed by atoms with Gasteiger partial charge in [0.2, 0.25) is 0 Å². The van der Waals surface area contributed by atoms with Crippen LogP contribution in [0.3, 0.4) is 0 Å². The van der Waals surface area contributed by atoms with E-state index < -0.39 is 0 Å². The van der Waals surface area contributed by atoms with Crippen LogP contribution in [0.25, 0.3) is 0 Å². The SMILES string of the molecule is CCNC(N)=NC[C@H]1CC[C@@H](c2nc(C3CC3)no2)O1.I. The summed E-state index contributed by atoms with van der Waals surface area (Å²) >= 11 is 0. The van der Waals surface area contributed by atoms with Gasteiger partial charge in [-0.25, -0.2) is 0 Å². The summed E-state index contributed by atoms with van der Waals surface area (Å²) < 4.78 is 11.2. The zero-order valence-electron chi connectivity index (χ0n) is 12.1. The molecule has 1 saturated carbocycles. The lowest BCUT2D eigenvalue weighted by molar-refractivity contribution is 0.0309. The fourth-order valence-corrected chi connectivity index (χ4v) is 2.34. The highest BCUT2D eigenvalue weighted by atomic mass is 127. The van der Waals surface area contributed by atoms with Crippen LogP contribution in [0.1, 0.15) is 56.3 Å². The highest BCUT2D eigenvalue weighted by Gasteiger charge is 2.33. The fourth-order valence-electron chi connectivity index (χ4n) is 2.34. The van der Waals surface area contributed by atoms with E-state index in [9.17, 15) is 0 Å². The van der Waals surface area contributed by atoms with Crippen molar-refractivity contribution in [3.63, 3.8) is 0 Å². The predicted molar refractivity (Wildman–Crippen MR) is 88.7 cm³/mol. The number of hydrogen-bond donors (Lipinski definition) is 2. The van der Waals surface area contributed by atoms with Crippen molar-refractivity contribution in [2.24, 2.45) is 10.7 Å². The molecule has 1 aromatic heterocycles. The molecule has 2 aliphatic rings. The van der Waals surface area contributed by atoms with Gasteiger partial charge in [0.15, 0.2) is 11.8 Å². The second-order valence-corrected chi connectivity index (χ2v) is 5.35. The molecular weight excluding hydrogens is 385 g/mol. The van der Waals surface area contributed by atoms with Crippen LogP contribution in [0, 0.1) is 0 Å². The van der Waals surface area contributed by atoms with Crippen LogP contribution < -0.4 is 11.1 Å². The highest BCUT2D eigenvalue weighted by molar-refractivity contribution is 14.0. The average Bonchev–Trinajstić information content (AvgIpc) is 3.00. The van der Waals surface area contributed by atoms with Gasteiger partial charge >= 0.3 is 0 Å². The normalized spacial score (nSPS) is 25.7. The molecule has 0 unspecified atom stereocenters. The largest absolute Gasteiger partial charge is 0.370 e. The number of hydrogen-bond acceptors (Lipinski definition) is 5. The van der Waals surface area contributed by atoms with Crippen molar-refractivity contribution in [3.8, 4) is 0 Å². The Labute approximate surface area is 141 Å². The van der Waals surface area contributed by atoms with Gasteiger partial charge < -0.3 is 20.3 Å². The number of halogens is 1. The van der Waals surface area contributed by atoms with Crippen LogP contribution in [-0.2, 0) is 4.74 Å². The van der Waals surface area contributed by atoms with Gasteiger partial charge in [-0.15, -0.1) is 24.0 Å². The van der Waals surface area contributed by atoms with Gasteiger partial charge in [-0.2, -0.15) is 4.98 Å². The molecule has 0 amide bonds. The Morgan fingerprint density at radius 2 is 2.19 bits per heavy atom. The Morgan fingerprint density at radius 1 is 1.38 bits per heavy atom. The van der Waals surface area contributed by atoms with Crippen LogP contribution >= 0.6 is 24.0 Å². The molecule has 1 aliphatic carbocycles. The number of ether oxygens (including phenoxy) is 1. The molecule has 1 saturated heterocycles. The lowest BCUT2D eigenvalue weighted by Crippen LogP contribution is -2.32. The first-order valence-electron chi connectivity index (χ1n) is 7.29. The van der Waals surface area contributed by atoms with E-state index in [0.29, 0.717) is 24.3 Å². The molecule has 0 radical (unpaired) electrons. The Hall–Kier alpha value is -0.900. The molecule has 21 heavy (non-hydrogen) atoms. The Morgan fingerprint density at radius 3 is 2.90 bits per heavy atom. The topological polar surface area (TPSA) is 98.6 Å². The number of nitrogens with zero attached hydrogens (tertiary/aromatic N) is 3. The second-order valence-electron chi connectivity index (χ2n) is 5.35. The monoisotopic (exact) mass is 407 g/mol. The van der Waals surface area contributed by atoms with Crippen molar-refractivity contribution in [2.45, 2.75) is 50.7 Å². The Bertz CT molecular complexity index is 489. The smallest absolute Gasteiger partial charge is 0.255 e. The average molecular weight is 407 g/mol. The highest BCUT2D eigenvalue weighted by Crippen LogP contribution is 2.39. The van der Waals surface area contributed by atoms with E-state index in [-0.39, 0.29) is 36.2 Å². The first kappa shape index (κ1) is 16.5. The molecule has 7 nitrogen and oxygen atoms in total. The molecule has 0 aromatic carbocycles. The minimum absolute atomic E-state index is 0. The molecule has 1 aromatic rings. The van der Waals surface area contributed by atoms with Gasteiger partial charge in [0.1, 0.15) is 6.10 Å². The van der Waals surface area contributed by atoms with Crippen LogP contribution in [0.2, 0.25) is 0 Å². The standard InChI is InChI=1S/C13H21N5O2.HI/c1-2-15-13(14)16-7-9-5-6-10(19-9)12-17-11(18-20-12)8-3-4-8;/h8-10H,2-7H2,1H3,(H3,14,15,16);1H/t9-,10+;/m1./s1. The van der Waals surface area contributed by atoms with E-state index in [4.69, 9.17) is 15.0 Å². The van der Waals surface area contributed by atoms with Crippen molar-refractivity contribution in [2.75, 3.05) is 13.1 Å². The maximum atomic E-state index is 5.90. The molecule has 8 heteroatoms. The number of aliphatic imine (C=N–C) groups is 1. The van der Waals surface area contributed by atoms with Gasteiger partial charge in [-0.3, -0.25) is 4.99 Å². The van der Waals surface area contributed by atoms with Gasteiger partial charge in [0.25, 0.3) is 5.89 Å². The number of aromatic nitrogens is 2. The first-order chi connectivity index (χ1) is 9.76. The van der Waals surface area contributed by atoms with E-state index in [1.165, 1.54) is 12.8 Å². The quantitative estimate of drug-likeness (QED) is 0.438. The third-order valence-electron chi connectivity index (χ3n) is 3.61. The Balaban J connectivity index is 0.00000161. The molecule has 2 heterocycles. The van der Waals surface area contributed by atoms with Crippen LogP contribution in [-0.4, -0.2) is 35.3 Å². The number of rotatable bonds is 5. The van der Waals surface area contributed by atoms with E-state index in [1.54, 1.807) is 0 Å². The summed E-state index contributed by atoms with van der Waals surface area (Å²) in [7, 11) is 0. The number of nitrogens with one attached hydrogen (secondary N) is 1. The predicted octanol–water partition coefficient (Wildman–Crippen LogP) is 1.71. The van der Waals surface area contributed by atoms with Crippen molar-refractivity contribution >= 4 is 29.9 Å². The zero-order valence-corrected chi connectivity index (χ0v) is 14.4. The summed E-state index contributed by atoms with van der Waals surface area (Å²) in [6.07, 6.45) is 4.17. The molecule has 2 atom stereocenters. The van der Waals surface area contributed by atoms with Crippen LogP contribution in [0.5, 0.6) is 0 Å². The molecular formula is C13H22IN5O2. The molecule has 1 aliphatic heterocycles. The third kappa shape index (κ3) is 4.29. The number of guanidine groups is 1. The summed E-state index contributed by atoms with van der Waals surface area (Å²) in [6.45, 7) is 3.33. The van der Waals surface area contributed by atoms with Crippen molar-refractivity contribution in [3.05, 3.63) is 11.7 Å². The van der Waals surface area contributed by atoms with E-state index in [1.807, 2.05) is 6.92 Å². The number of nitrogens with two attached hydrogens (primary N) is 1. The van der Waals surface area contributed by atoms with Crippen LogP contribution in [0.4, 0.5) is 0 Å². The van der Waals surface area contributed by atoms with Gasteiger partial charge in [-0.05, 0) is 32.6 Å². The molecule has 118 valence electrons. The lowest BCUT2D eigenvalue weighted by Gasteiger charge is -2.09. The zero-order chi connectivity index (χ0) is 13.9. The van der Waals surface area contributed by atoms with E-state index in [0.717, 1.165) is 25.2 Å². The molecule has 3 N–H and O–H groups in total. The second kappa shape index (κ2) is 7.39. The summed E-state index contributed by atoms with van der Waals surface area (Å²) in [5, 5.41) is 6.99. The lowest BCUT2D eigenvalue weighted by atomic mass is 10.2. The van der Waals surface area contributed by atoms with Crippen LogP contribution in [0.15, 0.2) is 9.52 Å². The maximum Gasteiger partial charge on any atom is 0.255 e. The Kier molecular flexibility index (Phi) is 5.80. The van der Waals surface area contributed by atoms with Gasteiger partial charge in [-0.1, -0.05) is 5.16 Å². The van der Waals surface area contributed by atoms with Gasteiger partial charge in [0.05, 0.1) is 12.6 Å². The van der Waals surface area contributed by atoms with Gasteiger partial charge in [0, 0.05) is 12.5 Å². The van der Waals surface area contributed by atoms with Crippen molar-refractivity contribution in [1.82, 2.24) is 15.5 Å².